The molecule has 2 heterocycles. The van der Waals surface area contributed by atoms with E-state index in [1.54, 1.807) is 12.1 Å². The molecule has 0 bridgehead atoms. The van der Waals surface area contributed by atoms with Crippen LogP contribution in [0.3, 0.4) is 0 Å². The lowest BCUT2D eigenvalue weighted by Gasteiger charge is -2.34. The molecular weight excluding hydrogens is 676 g/mol. The second-order valence-electron chi connectivity index (χ2n) is 12.5. The number of benzene rings is 2. The van der Waals surface area contributed by atoms with Gasteiger partial charge < -0.3 is 40.0 Å². The summed E-state index contributed by atoms with van der Waals surface area (Å²) in [5.41, 5.74) is 0.347. The summed E-state index contributed by atoms with van der Waals surface area (Å²) in [7, 11) is -2.91. The van der Waals surface area contributed by atoms with Crippen molar-refractivity contribution in [2.24, 2.45) is 11.0 Å². The topological polar surface area (TPSA) is 221 Å². The molecule has 3 fully saturated rings. The molecule has 5 N–H and O–H groups in total. The fourth-order valence-corrected chi connectivity index (χ4v) is 7.40. The Labute approximate surface area is 290 Å². The summed E-state index contributed by atoms with van der Waals surface area (Å²) in [5.74, 6) is -0.0401. The van der Waals surface area contributed by atoms with E-state index in [9.17, 15) is 28.4 Å². The van der Waals surface area contributed by atoms with Crippen LogP contribution in [-0.4, -0.2) is 94.2 Å². The Morgan fingerprint density at radius 3 is 2.66 bits per heavy atom. The van der Waals surface area contributed by atoms with Crippen molar-refractivity contribution in [2.75, 3.05) is 38.7 Å². The number of ether oxygens (including phenoxy) is 4. The molecule has 1 amide bonds. The molecule has 0 radical (unpaired) electrons. The Morgan fingerprint density at radius 2 is 1.92 bits per heavy atom. The molecule has 50 heavy (non-hydrogen) atoms. The van der Waals surface area contributed by atoms with Crippen molar-refractivity contribution in [1.82, 2.24) is 15.5 Å². The van der Waals surface area contributed by atoms with Gasteiger partial charge in [0.15, 0.2) is 11.3 Å². The SMILES string of the molecule is COC(=N[N+](=O)[O-])NCCNc1cccc(S(=O)(=O)NOC2(C[C@@H](O)[C@H](Cc3ccccc3)NC(=O)O[C@H]3CO[C@H]4OCC[C@H]43)CCCC2)c1. The number of nitro groups is 1. The Bertz CT molecular complexity index is 1580. The maximum atomic E-state index is 13.4. The van der Waals surface area contributed by atoms with Gasteiger partial charge in [-0.05, 0) is 49.4 Å². The lowest BCUT2D eigenvalue weighted by Crippen LogP contribution is -2.50. The minimum absolute atomic E-state index is 0.0401. The van der Waals surface area contributed by atoms with Crippen LogP contribution in [0.1, 0.15) is 44.1 Å². The van der Waals surface area contributed by atoms with Gasteiger partial charge in [-0.3, -0.25) is 4.84 Å². The fourth-order valence-electron chi connectivity index (χ4n) is 6.48. The third kappa shape index (κ3) is 10.2. The highest BCUT2D eigenvalue weighted by Crippen LogP contribution is 2.38. The zero-order valence-corrected chi connectivity index (χ0v) is 28.5. The van der Waals surface area contributed by atoms with E-state index in [0.717, 1.165) is 24.8 Å². The number of methoxy groups -OCH3 is 1. The second-order valence-corrected chi connectivity index (χ2v) is 14.1. The summed E-state index contributed by atoms with van der Waals surface area (Å²) in [6.45, 7) is 1.24. The number of carbonyl (C=O) groups is 1. The van der Waals surface area contributed by atoms with Gasteiger partial charge in [-0.1, -0.05) is 54.1 Å². The Balaban J connectivity index is 1.20. The van der Waals surface area contributed by atoms with Crippen LogP contribution >= 0.6 is 0 Å². The van der Waals surface area contributed by atoms with E-state index >= 15 is 0 Å². The van der Waals surface area contributed by atoms with Gasteiger partial charge in [0.05, 0.1) is 48.9 Å². The molecule has 0 aromatic heterocycles. The van der Waals surface area contributed by atoms with Gasteiger partial charge in [-0.2, -0.15) is 0 Å². The van der Waals surface area contributed by atoms with Crippen LogP contribution in [0, 0.1) is 16.0 Å². The largest absolute Gasteiger partial charge is 0.464 e. The van der Waals surface area contributed by atoms with E-state index in [1.807, 2.05) is 30.3 Å². The number of anilines is 1. The predicted molar refractivity (Wildman–Crippen MR) is 179 cm³/mol. The van der Waals surface area contributed by atoms with Crippen LogP contribution < -0.4 is 20.8 Å². The number of alkyl carbamates (subject to hydrolysis) is 1. The van der Waals surface area contributed by atoms with Crippen molar-refractivity contribution >= 4 is 27.8 Å². The first-order valence-electron chi connectivity index (χ1n) is 16.5. The van der Waals surface area contributed by atoms with Gasteiger partial charge in [-0.25, -0.2) is 23.3 Å². The van der Waals surface area contributed by atoms with Crippen molar-refractivity contribution in [3.63, 3.8) is 0 Å². The molecule has 2 aromatic rings. The number of aliphatic hydroxyl groups excluding tert-OH is 1. The molecule has 0 spiro atoms. The van der Waals surface area contributed by atoms with E-state index in [2.05, 4.69) is 25.9 Å². The minimum Gasteiger partial charge on any atom is -0.464 e. The van der Waals surface area contributed by atoms with E-state index < -0.39 is 45.0 Å². The monoisotopic (exact) mass is 720 g/mol. The molecule has 274 valence electrons. The molecular formula is C32H44N6O11S. The van der Waals surface area contributed by atoms with Gasteiger partial charge in [0.25, 0.3) is 10.0 Å². The smallest absolute Gasteiger partial charge is 0.407 e. The molecule has 1 saturated carbocycles. The third-order valence-electron chi connectivity index (χ3n) is 9.01. The van der Waals surface area contributed by atoms with Gasteiger partial charge in [0, 0.05) is 25.2 Å². The van der Waals surface area contributed by atoms with Crippen molar-refractivity contribution in [1.29, 1.82) is 0 Å². The van der Waals surface area contributed by atoms with Crippen LogP contribution in [0.2, 0.25) is 0 Å². The van der Waals surface area contributed by atoms with Crippen molar-refractivity contribution in [3.05, 3.63) is 70.3 Å². The first kappa shape index (κ1) is 37.2. The van der Waals surface area contributed by atoms with Crippen LogP contribution in [0.15, 0.2) is 64.6 Å². The maximum Gasteiger partial charge on any atom is 0.407 e. The molecule has 5 rings (SSSR count). The average Bonchev–Trinajstić information content (AvgIpc) is 3.85. The van der Waals surface area contributed by atoms with Gasteiger partial charge in [-0.15, -0.1) is 0 Å². The zero-order chi connectivity index (χ0) is 35.6. The summed E-state index contributed by atoms with van der Waals surface area (Å²) in [6, 6.07) is 14.5. The van der Waals surface area contributed by atoms with Gasteiger partial charge in [0.2, 0.25) is 0 Å². The van der Waals surface area contributed by atoms with Crippen LogP contribution in [0.5, 0.6) is 0 Å². The van der Waals surface area contributed by atoms with Crippen molar-refractivity contribution < 1.29 is 47.1 Å². The second kappa shape index (κ2) is 17.2. The number of hydrazone groups is 1. The number of rotatable bonds is 16. The van der Waals surface area contributed by atoms with Crippen LogP contribution in [-0.2, 0) is 40.2 Å². The van der Waals surface area contributed by atoms with Crippen molar-refractivity contribution in [2.45, 2.75) is 80.0 Å². The third-order valence-corrected chi connectivity index (χ3v) is 10.2. The standard InChI is InChI=1S/C32H44N6O11S/c1-45-30(36-38(41)42)34-16-15-33-23-10-7-11-24(19-23)50(43,44)37-49-32(13-5-6-14-32)20-27(39)26(18-22-8-3-2-4-9-22)35-31(40)48-28-21-47-29-25(28)12-17-46-29/h2-4,7-11,19,25-29,33,37,39H,5-6,12-18,20-21H2,1H3,(H,34,36)(H,35,40)/t25-,26-,27+,28-,29+/m0/s1. The van der Waals surface area contributed by atoms with Gasteiger partial charge in [0.1, 0.15) is 11.2 Å². The van der Waals surface area contributed by atoms with Crippen LogP contribution in [0.4, 0.5) is 10.5 Å². The molecule has 0 unspecified atom stereocenters. The Morgan fingerprint density at radius 1 is 1.14 bits per heavy atom. The fraction of sp³-hybridized carbons (Fsp3) is 0.562. The van der Waals surface area contributed by atoms with Crippen molar-refractivity contribution in [3.8, 4) is 0 Å². The number of hydrogen-bond donors (Lipinski definition) is 5. The summed E-state index contributed by atoms with van der Waals surface area (Å²) >= 11 is 0. The summed E-state index contributed by atoms with van der Waals surface area (Å²) < 4.78 is 48.4. The number of amidine groups is 1. The Kier molecular flexibility index (Phi) is 12.8. The predicted octanol–water partition coefficient (Wildman–Crippen LogP) is 2.25. The first-order chi connectivity index (χ1) is 24.1. The number of hydrogen-bond acceptors (Lipinski definition) is 12. The quantitative estimate of drug-likeness (QED) is 0.0553. The van der Waals surface area contributed by atoms with E-state index in [0.29, 0.717) is 31.6 Å². The highest BCUT2D eigenvalue weighted by atomic mass is 32.2. The Hall–Kier alpha value is -4.07. The van der Waals surface area contributed by atoms with E-state index in [-0.39, 0.29) is 49.2 Å². The molecule has 5 atom stereocenters. The maximum absolute atomic E-state index is 13.4. The molecule has 2 aliphatic heterocycles. The number of nitrogens with one attached hydrogen (secondary N) is 4. The molecule has 3 aliphatic rings. The normalized spacial score (nSPS) is 22.7. The summed E-state index contributed by atoms with van der Waals surface area (Å²) in [6.07, 6.45) is 0.988. The molecule has 2 aromatic carbocycles. The van der Waals surface area contributed by atoms with Crippen LogP contribution in [0.25, 0.3) is 0 Å². The number of nitrogens with zero attached hydrogens (tertiary/aromatic N) is 2. The highest BCUT2D eigenvalue weighted by Gasteiger charge is 2.45. The summed E-state index contributed by atoms with van der Waals surface area (Å²) in [5, 5.41) is 32.9. The van der Waals surface area contributed by atoms with E-state index in [1.165, 1.54) is 19.2 Å². The number of fused-ring (bicyclic) bond motifs is 1. The first-order valence-corrected chi connectivity index (χ1v) is 18.0. The lowest BCUT2D eigenvalue weighted by atomic mass is 9.89. The number of aliphatic hydroxyl groups is 1. The molecule has 17 nitrogen and oxygen atoms in total. The highest BCUT2D eigenvalue weighted by molar-refractivity contribution is 7.89. The number of carbonyl (C=O) groups excluding carboxylic acids is 1. The summed E-state index contributed by atoms with van der Waals surface area (Å²) in [4.78, 5) is 31.8. The minimum atomic E-state index is -4.15. The average molecular weight is 721 g/mol. The van der Waals surface area contributed by atoms with Gasteiger partial charge >= 0.3 is 12.1 Å². The number of sulfonamides is 1. The molecule has 1 aliphatic carbocycles. The zero-order valence-electron chi connectivity index (χ0n) is 27.7. The number of amides is 1. The van der Waals surface area contributed by atoms with E-state index in [4.69, 9.17) is 23.8 Å². The lowest BCUT2D eigenvalue weighted by molar-refractivity contribution is -0.486. The molecule has 18 heteroatoms. The molecule has 2 saturated heterocycles.